The molecule has 1 aliphatic rings. The van der Waals surface area contributed by atoms with Crippen LogP contribution in [0, 0.1) is 23.0 Å². The molecule has 122 valence electrons. The Morgan fingerprint density at radius 1 is 1.39 bits per heavy atom. The number of anilines is 1. The minimum absolute atomic E-state index is 0.0672. The zero-order valence-electron chi connectivity index (χ0n) is 12.8. The van der Waals surface area contributed by atoms with Crippen molar-refractivity contribution in [3.63, 3.8) is 0 Å². The molecule has 2 N–H and O–H groups in total. The summed E-state index contributed by atoms with van der Waals surface area (Å²) >= 11 is 0. The topological polar surface area (TPSA) is 108 Å². The summed E-state index contributed by atoms with van der Waals surface area (Å²) in [5.74, 6) is 1.07. The number of aromatic nitrogens is 3. The van der Waals surface area contributed by atoms with Gasteiger partial charge < -0.3 is 15.0 Å². The minimum Gasteiger partial charge on any atom is -0.385 e. The van der Waals surface area contributed by atoms with E-state index in [0.717, 1.165) is 12.8 Å². The summed E-state index contributed by atoms with van der Waals surface area (Å²) in [6.45, 7) is 2.97. The van der Waals surface area contributed by atoms with E-state index in [9.17, 15) is 15.2 Å². The van der Waals surface area contributed by atoms with Crippen LogP contribution in [0.25, 0.3) is 0 Å². The van der Waals surface area contributed by atoms with Gasteiger partial charge in [0.15, 0.2) is 0 Å². The van der Waals surface area contributed by atoms with Gasteiger partial charge in [0.1, 0.15) is 11.9 Å². The number of rotatable bonds is 4. The van der Waals surface area contributed by atoms with Crippen LogP contribution in [0.15, 0.2) is 24.7 Å². The summed E-state index contributed by atoms with van der Waals surface area (Å²) in [7, 11) is 0. The van der Waals surface area contributed by atoms with Crippen LogP contribution >= 0.6 is 0 Å². The van der Waals surface area contributed by atoms with E-state index in [1.54, 1.807) is 31.6 Å². The first kappa shape index (κ1) is 15.4. The normalized spacial score (nSPS) is 17.2. The minimum atomic E-state index is -0.632. The fraction of sp³-hybridized carbons (Fsp3) is 0.467. The molecule has 0 aromatic carbocycles. The first-order valence-corrected chi connectivity index (χ1v) is 7.60. The number of hydrogen-bond acceptors (Lipinski definition) is 6. The van der Waals surface area contributed by atoms with E-state index in [1.807, 2.05) is 4.90 Å². The zero-order valence-corrected chi connectivity index (χ0v) is 12.8. The highest BCUT2D eigenvalue weighted by Gasteiger charge is 2.31. The number of nitro groups is 1. The third kappa shape index (κ3) is 3.02. The first-order chi connectivity index (χ1) is 11.1. The van der Waals surface area contributed by atoms with Gasteiger partial charge in [0.25, 0.3) is 0 Å². The lowest BCUT2D eigenvalue weighted by atomic mass is 9.90. The molecular weight excluding hydrogens is 298 g/mol. The second-order valence-corrected chi connectivity index (χ2v) is 5.80. The van der Waals surface area contributed by atoms with E-state index >= 15 is 0 Å². The SMILES string of the molecule is Cc1ccnc(N2CCC(C(O)c3ncc[nH]3)CC2)c1[N+](=O)[O-]. The molecule has 23 heavy (non-hydrogen) atoms. The molecule has 1 aliphatic heterocycles. The summed E-state index contributed by atoms with van der Waals surface area (Å²) in [6, 6.07) is 1.65. The van der Waals surface area contributed by atoms with Crippen LogP contribution in [-0.4, -0.2) is 38.1 Å². The molecule has 1 atom stereocenters. The van der Waals surface area contributed by atoms with E-state index < -0.39 is 6.10 Å². The number of aryl methyl sites for hydroxylation is 1. The third-order valence-electron chi connectivity index (χ3n) is 4.37. The molecule has 0 aliphatic carbocycles. The molecule has 0 spiro atoms. The highest BCUT2D eigenvalue weighted by atomic mass is 16.6. The van der Waals surface area contributed by atoms with Crippen LogP contribution in [0.1, 0.15) is 30.3 Å². The number of aromatic amines is 1. The van der Waals surface area contributed by atoms with Crippen molar-refractivity contribution in [3.8, 4) is 0 Å². The van der Waals surface area contributed by atoms with Gasteiger partial charge in [-0.3, -0.25) is 10.1 Å². The van der Waals surface area contributed by atoms with Gasteiger partial charge in [-0.2, -0.15) is 0 Å². The van der Waals surface area contributed by atoms with Gasteiger partial charge in [0, 0.05) is 37.2 Å². The van der Waals surface area contributed by atoms with Crippen LogP contribution in [0.3, 0.4) is 0 Å². The second-order valence-electron chi connectivity index (χ2n) is 5.80. The van der Waals surface area contributed by atoms with Crippen molar-refractivity contribution in [2.45, 2.75) is 25.9 Å². The Bertz CT molecular complexity index is 680. The lowest BCUT2D eigenvalue weighted by Crippen LogP contribution is -2.36. The van der Waals surface area contributed by atoms with Crippen molar-refractivity contribution in [1.29, 1.82) is 0 Å². The van der Waals surface area contributed by atoms with Crippen molar-refractivity contribution in [1.82, 2.24) is 15.0 Å². The fourth-order valence-electron chi connectivity index (χ4n) is 3.08. The Labute approximate surface area is 133 Å². The van der Waals surface area contributed by atoms with Gasteiger partial charge in [-0.25, -0.2) is 9.97 Å². The molecule has 1 unspecified atom stereocenters. The Kier molecular flexibility index (Phi) is 4.24. The Balaban J connectivity index is 1.72. The molecule has 0 saturated carbocycles. The summed E-state index contributed by atoms with van der Waals surface area (Å²) in [4.78, 5) is 24.1. The van der Waals surface area contributed by atoms with Gasteiger partial charge in [-0.05, 0) is 31.7 Å². The summed E-state index contributed by atoms with van der Waals surface area (Å²) in [6.07, 6.45) is 5.74. The van der Waals surface area contributed by atoms with Gasteiger partial charge in [-0.1, -0.05) is 0 Å². The lowest BCUT2D eigenvalue weighted by molar-refractivity contribution is -0.384. The van der Waals surface area contributed by atoms with Crippen LogP contribution in [0.4, 0.5) is 11.5 Å². The van der Waals surface area contributed by atoms with Crippen LogP contribution < -0.4 is 4.90 Å². The number of pyridine rings is 1. The second kappa shape index (κ2) is 6.33. The van der Waals surface area contributed by atoms with E-state index in [-0.39, 0.29) is 16.5 Å². The van der Waals surface area contributed by atoms with Crippen molar-refractivity contribution in [2.24, 2.45) is 5.92 Å². The van der Waals surface area contributed by atoms with Gasteiger partial charge in [0.05, 0.1) is 4.92 Å². The average molecular weight is 317 g/mol. The summed E-state index contributed by atoms with van der Waals surface area (Å²) in [5.41, 5.74) is 0.676. The first-order valence-electron chi connectivity index (χ1n) is 7.60. The van der Waals surface area contributed by atoms with Crippen LogP contribution in [0.2, 0.25) is 0 Å². The predicted molar refractivity (Wildman–Crippen MR) is 84.1 cm³/mol. The van der Waals surface area contributed by atoms with Gasteiger partial charge >= 0.3 is 5.69 Å². The van der Waals surface area contributed by atoms with Crippen molar-refractivity contribution < 1.29 is 10.0 Å². The molecule has 0 amide bonds. The quantitative estimate of drug-likeness (QED) is 0.659. The Hall–Kier alpha value is -2.48. The molecule has 3 rings (SSSR count). The molecule has 1 fully saturated rings. The molecule has 0 bridgehead atoms. The molecule has 0 radical (unpaired) electrons. The van der Waals surface area contributed by atoms with Crippen molar-refractivity contribution >= 4 is 11.5 Å². The number of H-pyrrole nitrogens is 1. The van der Waals surface area contributed by atoms with Crippen molar-refractivity contribution in [3.05, 3.63) is 46.2 Å². The van der Waals surface area contributed by atoms with Gasteiger partial charge in [0.2, 0.25) is 5.82 Å². The summed E-state index contributed by atoms with van der Waals surface area (Å²) < 4.78 is 0. The maximum Gasteiger partial charge on any atom is 0.314 e. The number of aliphatic hydroxyl groups is 1. The maximum atomic E-state index is 11.3. The Morgan fingerprint density at radius 2 is 2.13 bits per heavy atom. The monoisotopic (exact) mass is 317 g/mol. The molecule has 2 aromatic rings. The number of aliphatic hydroxyl groups excluding tert-OH is 1. The zero-order chi connectivity index (χ0) is 16.4. The smallest absolute Gasteiger partial charge is 0.314 e. The molecule has 8 nitrogen and oxygen atoms in total. The largest absolute Gasteiger partial charge is 0.385 e. The number of nitrogens with one attached hydrogen (secondary N) is 1. The molecule has 2 aromatic heterocycles. The van der Waals surface area contributed by atoms with Gasteiger partial charge in [-0.15, -0.1) is 0 Å². The third-order valence-corrected chi connectivity index (χ3v) is 4.37. The number of nitrogens with zero attached hydrogens (tertiary/aromatic N) is 4. The average Bonchev–Trinajstić information content (AvgIpc) is 3.08. The predicted octanol–water partition coefficient (Wildman–Crippen LogP) is 1.97. The molecular formula is C15H19N5O3. The number of piperidine rings is 1. The molecule has 8 heteroatoms. The van der Waals surface area contributed by atoms with Crippen molar-refractivity contribution in [2.75, 3.05) is 18.0 Å². The molecule has 1 saturated heterocycles. The summed E-state index contributed by atoms with van der Waals surface area (Å²) in [5, 5.41) is 21.6. The number of imidazole rings is 1. The van der Waals surface area contributed by atoms with E-state index in [0.29, 0.717) is 30.3 Å². The lowest BCUT2D eigenvalue weighted by Gasteiger charge is -2.34. The van der Waals surface area contributed by atoms with E-state index in [2.05, 4.69) is 15.0 Å². The van der Waals surface area contributed by atoms with E-state index in [1.165, 1.54) is 0 Å². The standard InChI is InChI=1S/C15H19N5O3/c1-10-2-5-18-15(12(10)20(22)23)19-8-3-11(4-9-19)13(21)14-16-6-7-17-14/h2,5-7,11,13,21H,3-4,8-9H2,1H3,(H,16,17). The Morgan fingerprint density at radius 3 is 2.74 bits per heavy atom. The highest BCUT2D eigenvalue weighted by Crippen LogP contribution is 2.34. The van der Waals surface area contributed by atoms with Crippen LogP contribution in [0.5, 0.6) is 0 Å². The maximum absolute atomic E-state index is 11.3. The van der Waals surface area contributed by atoms with E-state index in [4.69, 9.17) is 0 Å². The number of hydrogen-bond donors (Lipinski definition) is 2. The molecule has 3 heterocycles. The van der Waals surface area contributed by atoms with Crippen LogP contribution in [-0.2, 0) is 0 Å². The fourth-order valence-corrected chi connectivity index (χ4v) is 3.08. The highest BCUT2D eigenvalue weighted by molar-refractivity contribution is 5.61.